The van der Waals surface area contributed by atoms with Crippen LogP contribution in [-0.2, 0) is 33.9 Å². The molecule has 194 valence electrons. The molecule has 1 aromatic heterocycles. The number of carbonyl (C=O) groups excluding carboxylic acids is 3. The van der Waals surface area contributed by atoms with Crippen LogP contribution >= 0.6 is 0 Å². The van der Waals surface area contributed by atoms with E-state index in [1.165, 1.54) is 4.68 Å². The van der Waals surface area contributed by atoms with Crippen LogP contribution in [0.2, 0.25) is 0 Å². The summed E-state index contributed by atoms with van der Waals surface area (Å²) in [4.78, 5) is 41.2. The molecule has 36 heavy (non-hydrogen) atoms. The van der Waals surface area contributed by atoms with Gasteiger partial charge < -0.3 is 26.2 Å². The number of rotatable bonds is 6. The van der Waals surface area contributed by atoms with Crippen LogP contribution in [0.25, 0.3) is 0 Å². The third kappa shape index (κ3) is 6.45. The number of amides is 3. The van der Waals surface area contributed by atoms with Gasteiger partial charge in [-0.2, -0.15) is 0 Å². The van der Waals surface area contributed by atoms with E-state index >= 15 is 0 Å². The molecular formula is C24H33N7O5. The number of hydrogen-bond acceptors (Lipinski definition) is 8. The summed E-state index contributed by atoms with van der Waals surface area (Å²) in [5.41, 5.74) is 1.51. The second kappa shape index (κ2) is 11.6. The van der Waals surface area contributed by atoms with Crippen molar-refractivity contribution in [2.45, 2.75) is 69.5 Å². The zero-order valence-corrected chi connectivity index (χ0v) is 20.2. The van der Waals surface area contributed by atoms with E-state index in [9.17, 15) is 19.5 Å². The molecule has 2 bridgehead atoms. The molecule has 5 N–H and O–H groups in total. The molecule has 0 aliphatic carbocycles. The van der Waals surface area contributed by atoms with Gasteiger partial charge in [-0.05, 0) is 18.9 Å². The molecule has 0 radical (unpaired) electrons. The molecule has 0 spiro atoms. The van der Waals surface area contributed by atoms with Crippen LogP contribution in [0.4, 0.5) is 0 Å². The van der Waals surface area contributed by atoms with Crippen LogP contribution in [0.5, 0.6) is 0 Å². The minimum atomic E-state index is -1.09. The molecule has 12 nitrogen and oxygen atoms in total. The molecule has 3 heterocycles. The van der Waals surface area contributed by atoms with Crippen molar-refractivity contribution in [2.24, 2.45) is 0 Å². The maximum Gasteiger partial charge on any atom is 0.243 e. The Morgan fingerprint density at radius 1 is 1.08 bits per heavy atom. The predicted molar refractivity (Wildman–Crippen MR) is 128 cm³/mol. The van der Waals surface area contributed by atoms with E-state index in [4.69, 9.17) is 5.11 Å². The number of benzene rings is 1. The zero-order valence-electron chi connectivity index (χ0n) is 20.2. The molecule has 2 fully saturated rings. The lowest BCUT2D eigenvalue weighted by atomic mass is 10.1. The van der Waals surface area contributed by atoms with E-state index in [1.54, 1.807) is 13.1 Å². The molecule has 0 saturated carbocycles. The SMILES string of the molecule is C[C@@H]1NC(=O)[C@@H](Cc2cn(CCO)nn2)NC(=O)[C@@H]2C[C@H](CN2Cc2ccccc2)NC(=O)C[C@@H]1O. The first-order chi connectivity index (χ1) is 17.3. The predicted octanol–water partition coefficient (Wildman–Crippen LogP) is -1.67. The van der Waals surface area contributed by atoms with Crippen LogP contribution in [0, 0.1) is 0 Å². The average molecular weight is 500 g/mol. The lowest BCUT2D eigenvalue weighted by Gasteiger charge is -2.27. The largest absolute Gasteiger partial charge is 0.394 e. The fraction of sp³-hybridized carbons (Fsp3) is 0.542. The van der Waals surface area contributed by atoms with Gasteiger partial charge in [-0.1, -0.05) is 35.5 Å². The van der Waals surface area contributed by atoms with E-state index < -0.39 is 30.1 Å². The first-order valence-electron chi connectivity index (χ1n) is 12.2. The minimum absolute atomic E-state index is 0.0812. The van der Waals surface area contributed by atoms with E-state index in [-0.39, 0.29) is 43.8 Å². The fourth-order valence-corrected chi connectivity index (χ4v) is 4.68. The van der Waals surface area contributed by atoms with Crippen LogP contribution in [0.15, 0.2) is 36.5 Å². The molecule has 2 saturated heterocycles. The second-order valence-electron chi connectivity index (χ2n) is 9.46. The highest BCUT2D eigenvalue weighted by molar-refractivity contribution is 5.90. The van der Waals surface area contributed by atoms with Gasteiger partial charge in [0.2, 0.25) is 17.7 Å². The van der Waals surface area contributed by atoms with E-state index in [2.05, 4.69) is 26.3 Å². The van der Waals surface area contributed by atoms with Crippen LogP contribution < -0.4 is 16.0 Å². The van der Waals surface area contributed by atoms with Gasteiger partial charge in [0, 0.05) is 31.7 Å². The van der Waals surface area contributed by atoms with Gasteiger partial charge in [-0.25, -0.2) is 4.68 Å². The van der Waals surface area contributed by atoms with Gasteiger partial charge in [0.15, 0.2) is 0 Å². The van der Waals surface area contributed by atoms with E-state index in [1.807, 2.05) is 35.2 Å². The Bertz CT molecular complexity index is 1060. The molecule has 4 rings (SSSR count). The molecule has 3 amide bonds. The summed E-state index contributed by atoms with van der Waals surface area (Å²) < 4.78 is 1.46. The maximum atomic E-state index is 13.5. The summed E-state index contributed by atoms with van der Waals surface area (Å²) in [6.45, 7) is 2.75. The standard InChI is InChI=1S/C24H33N7O5/c1-15-21(33)11-22(34)26-17-10-20(30(13-17)12-16-5-3-2-4-6-16)24(36)27-19(23(35)25-15)9-18-14-31(7-8-32)29-28-18/h2-6,14-15,17,19-21,32-33H,7-13H2,1H3,(H,25,35)(H,26,34)(H,27,36)/t15-,17+,19+,20-,21-/m0/s1. The third-order valence-corrected chi connectivity index (χ3v) is 6.60. The number of aliphatic hydroxyl groups is 2. The summed E-state index contributed by atoms with van der Waals surface area (Å²) >= 11 is 0. The molecule has 5 atom stereocenters. The Hall–Kier alpha value is -3.35. The number of nitrogens with one attached hydrogen (secondary N) is 3. The molecule has 2 aliphatic heterocycles. The van der Waals surface area contributed by atoms with Crippen molar-refractivity contribution in [3.8, 4) is 0 Å². The Balaban J connectivity index is 1.58. The number of fused-ring (bicyclic) bond motifs is 2. The Kier molecular flexibility index (Phi) is 8.28. The highest BCUT2D eigenvalue weighted by Crippen LogP contribution is 2.22. The number of nitrogens with zero attached hydrogens (tertiary/aromatic N) is 4. The van der Waals surface area contributed by atoms with Crippen molar-refractivity contribution >= 4 is 17.7 Å². The lowest BCUT2D eigenvalue weighted by molar-refractivity contribution is -0.132. The summed E-state index contributed by atoms with van der Waals surface area (Å²) in [6, 6.07) is 7.24. The monoisotopic (exact) mass is 499 g/mol. The summed E-state index contributed by atoms with van der Waals surface area (Å²) in [5.74, 6) is -1.14. The van der Waals surface area contributed by atoms with Crippen molar-refractivity contribution in [1.82, 2.24) is 35.8 Å². The van der Waals surface area contributed by atoms with Crippen molar-refractivity contribution in [3.05, 3.63) is 47.8 Å². The van der Waals surface area contributed by atoms with Crippen molar-refractivity contribution in [1.29, 1.82) is 0 Å². The molecule has 0 unspecified atom stereocenters. The van der Waals surface area contributed by atoms with Crippen molar-refractivity contribution in [2.75, 3.05) is 13.2 Å². The number of aliphatic hydroxyl groups excluding tert-OH is 2. The number of hydrogen-bond donors (Lipinski definition) is 5. The third-order valence-electron chi connectivity index (χ3n) is 6.60. The van der Waals surface area contributed by atoms with Crippen LogP contribution in [-0.4, -0.2) is 91.3 Å². The molecule has 2 aliphatic rings. The van der Waals surface area contributed by atoms with Gasteiger partial charge >= 0.3 is 0 Å². The summed E-state index contributed by atoms with van der Waals surface area (Å²) in [6.07, 6.45) is 0.831. The number of aromatic nitrogens is 3. The maximum absolute atomic E-state index is 13.5. The van der Waals surface area contributed by atoms with Gasteiger partial charge in [-0.15, -0.1) is 5.10 Å². The Labute approximate surface area is 209 Å². The topological polar surface area (TPSA) is 162 Å². The molecular weight excluding hydrogens is 466 g/mol. The first kappa shape index (κ1) is 25.7. The zero-order chi connectivity index (χ0) is 25.7. The molecule has 2 aromatic rings. The van der Waals surface area contributed by atoms with Gasteiger partial charge in [0.05, 0.1) is 43.5 Å². The number of likely N-dealkylation sites (tertiary alicyclic amines) is 1. The normalized spacial score (nSPS) is 27.9. The minimum Gasteiger partial charge on any atom is -0.394 e. The smallest absolute Gasteiger partial charge is 0.243 e. The van der Waals surface area contributed by atoms with Gasteiger partial charge in [0.25, 0.3) is 0 Å². The average Bonchev–Trinajstić information content (AvgIpc) is 3.45. The van der Waals surface area contributed by atoms with Crippen LogP contribution in [0.1, 0.15) is 31.0 Å². The first-order valence-corrected chi connectivity index (χ1v) is 12.2. The fourth-order valence-electron chi connectivity index (χ4n) is 4.68. The second-order valence-corrected chi connectivity index (χ2v) is 9.46. The highest BCUT2D eigenvalue weighted by atomic mass is 16.3. The van der Waals surface area contributed by atoms with Gasteiger partial charge in [-0.3, -0.25) is 19.3 Å². The number of carbonyl (C=O) groups is 3. The lowest BCUT2D eigenvalue weighted by Crippen LogP contribution is -2.55. The Morgan fingerprint density at radius 3 is 2.61 bits per heavy atom. The van der Waals surface area contributed by atoms with Crippen molar-refractivity contribution < 1.29 is 24.6 Å². The van der Waals surface area contributed by atoms with Gasteiger partial charge in [0.1, 0.15) is 6.04 Å². The summed E-state index contributed by atoms with van der Waals surface area (Å²) in [5, 5.41) is 36.1. The summed E-state index contributed by atoms with van der Waals surface area (Å²) in [7, 11) is 0. The van der Waals surface area contributed by atoms with E-state index in [0.29, 0.717) is 25.2 Å². The molecule has 12 heteroatoms. The van der Waals surface area contributed by atoms with Crippen molar-refractivity contribution in [3.63, 3.8) is 0 Å². The van der Waals surface area contributed by atoms with E-state index in [0.717, 1.165) is 5.56 Å². The molecule has 1 aromatic carbocycles. The Morgan fingerprint density at radius 2 is 1.86 bits per heavy atom. The highest BCUT2D eigenvalue weighted by Gasteiger charge is 2.39. The van der Waals surface area contributed by atoms with Crippen LogP contribution in [0.3, 0.4) is 0 Å². The quantitative estimate of drug-likeness (QED) is 0.315.